The molecule has 1 aliphatic heterocycles. The highest BCUT2D eigenvalue weighted by atomic mass is 16.5. The van der Waals surface area contributed by atoms with Gasteiger partial charge in [-0.15, -0.1) is 0 Å². The first-order chi connectivity index (χ1) is 15.2. The molecule has 3 aromatic carbocycles. The summed E-state index contributed by atoms with van der Waals surface area (Å²) in [5, 5.41) is 0. The minimum absolute atomic E-state index is 0.0937. The molecule has 1 saturated heterocycles. The third kappa shape index (κ3) is 2.30. The summed E-state index contributed by atoms with van der Waals surface area (Å²) < 4.78 is 5.48. The Kier molecular flexibility index (Phi) is 3.88. The van der Waals surface area contributed by atoms with Gasteiger partial charge in [0.1, 0.15) is 5.75 Å². The summed E-state index contributed by atoms with van der Waals surface area (Å²) in [6, 6.07) is 22.2. The van der Waals surface area contributed by atoms with Crippen molar-refractivity contribution in [3.8, 4) is 5.75 Å². The first kappa shape index (κ1) is 18.4. The van der Waals surface area contributed by atoms with Crippen LogP contribution >= 0.6 is 0 Å². The number of amides is 2. The van der Waals surface area contributed by atoms with E-state index in [9.17, 15) is 9.59 Å². The van der Waals surface area contributed by atoms with Gasteiger partial charge in [-0.05, 0) is 46.4 Å². The average molecular weight is 409 g/mol. The van der Waals surface area contributed by atoms with Crippen LogP contribution in [0.15, 0.2) is 66.7 Å². The highest BCUT2D eigenvalue weighted by Crippen LogP contribution is 2.61. The van der Waals surface area contributed by atoms with Gasteiger partial charge in [-0.3, -0.25) is 9.59 Å². The van der Waals surface area contributed by atoms with E-state index in [0.29, 0.717) is 11.4 Å². The summed E-state index contributed by atoms with van der Waals surface area (Å²) in [7, 11) is 1.57. The standard InChI is InChI=1S/C27H23NO3/c1-3-15-12-13-18-19(14-15)23-17-9-5-4-8-16(17)22(18)24-25(23)27(30)28(26(24)29)20-10-6-7-11-21(20)31-2/h4-14,22-25H,3H2,1-2H3/t22-,23-,24+,25-/m1/s1. The number of anilines is 1. The van der Waals surface area contributed by atoms with Gasteiger partial charge in [0, 0.05) is 11.8 Å². The molecule has 0 aromatic heterocycles. The monoisotopic (exact) mass is 409 g/mol. The second-order valence-corrected chi connectivity index (χ2v) is 8.64. The number of methoxy groups -OCH3 is 1. The van der Waals surface area contributed by atoms with E-state index < -0.39 is 0 Å². The van der Waals surface area contributed by atoms with Gasteiger partial charge in [-0.25, -0.2) is 4.90 Å². The van der Waals surface area contributed by atoms with Gasteiger partial charge in [-0.1, -0.05) is 61.5 Å². The summed E-state index contributed by atoms with van der Waals surface area (Å²) >= 11 is 0. The maximum atomic E-state index is 13.8. The molecule has 1 fully saturated rings. The topological polar surface area (TPSA) is 46.6 Å². The van der Waals surface area contributed by atoms with Crippen molar-refractivity contribution in [1.82, 2.24) is 0 Å². The van der Waals surface area contributed by atoms with Crippen LogP contribution in [0.25, 0.3) is 0 Å². The molecule has 2 amide bonds. The van der Waals surface area contributed by atoms with Crippen molar-refractivity contribution in [1.29, 1.82) is 0 Å². The lowest BCUT2D eigenvalue weighted by Gasteiger charge is -2.46. The number of benzene rings is 3. The average Bonchev–Trinajstić information content (AvgIpc) is 3.09. The molecule has 154 valence electrons. The van der Waals surface area contributed by atoms with Crippen molar-refractivity contribution in [3.05, 3.63) is 94.5 Å². The number of rotatable bonds is 3. The van der Waals surface area contributed by atoms with Crippen molar-refractivity contribution in [3.63, 3.8) is 0 Å². The zero-order valence-corrected chi connectivity index (χ0v) is 17.5. The minimum atomic E-state index is -0.378. The van der Waals surface area contributed by atoms with Crippen LogP contribution in [0.3, 0.4) is 0 Å². The molecule has 7 rings (SSSR count). The maximum absolute atomic E-state index is 13.8. The predicted octanol–water partition coefficient (Wildman–Crippen LogP) is 4.65. The van der Waals surface area contributed by atoms with Gasteiger partial charge in [0.05, 0.1) is 24.6 Å². The molecule has 0 unspecified atom stereocenters. The third-order valence-electron chi connectivity index (χ3n) is 7.34. The molecule has 0 N–H and O–H groups in total. The van der Waals surface area contributed by atoms with E-state index in [4.69, 9.17) is 4.74 Å². The van der Waals surface area contributed by atoms with Crippen molar-refractivity contribution >= 4 is 17.5 Å². The zero-order chi connectivity index (χ0) is 21.3. The highest BCUT2D eigenvalue weighted by Gasteiger charge is 2.62. The van der Waals surface area contributed by atoms with E-state index in [1.165, 1.54) is 32.7 Å². The Balaban J connectivity index is 1.57. The van der Waals surface area contributed by atoms with Crippen LogP contribution in [0.4, 0.5) is 5.69 Å². The Labute approximate surface area is 181 Å². The summed E-state index contributed by atoms with van der Waals surface area (Å²) in [6.45, 7) is 2.15. The van der Waals surface area contributed by atoms with Crippen molar-refractivity contribution in [2.24, 2.45) is 11.8 Å². The molecule has 0 radical (unpaired) electrons. The molecule has 0 spiro atoms. The lowest BCUT2D eigenvalue weighted by molar-refractivity contribution is -0.122. The molecule has 3 aliphatic carbocycles. The number of hydrogen-bond acceptors (Lipinski definition) is 3. The van der Waals surface area contributed by atoms with Gasteiger partial charge in [0.2, 0.25) is 11.8 Å². The normalized spacial score (nSPS) is 25.3. The van der Waals surface area contributed by atoms with Gasteiger partial charge in [0.25, 0.3) is 0 Å². The lowest BCUT2D eigenvalue weighted by atomic mass is 9.55. The summed E-state index contributed by atoms with van der Waals surface area (Å²) in [6.07, 6.45) is 0.945. The molecule has 31 heavy (non-hydrogen) atoms. The second kappa shape index (κ2) is 6.55. The summed E-state index contributed by atoms with van der Waals surface area (Å²) in [5.74, 6) is -0.634. The summed E-state index contributed by atoms with van der Waals surface area (Å²) in [5.41, 5.74) is 6.60. The van der Waals surface area contributed by atoms with Crippen LogP contribution in [0.1, 0.15) is 46.6 Å². The van der Waals surface area contributed by atoms with E-state index in [2.05, 4.69) is 37.3 Å². The van der Waals surface area contributed by atoms with Crippen LogP contribution in [-0.4, -0.2) is 18.9 Å². The minimum Gasteiger partial charge on any atom is -0.495 e. The van der Waals surface area contributed by atoms with E-state index >= 15 is 0 Å². The maximum Gasteiger partial charge on any atom is 0.238 e. The van der Waals surface area contributed by atoms with E-state index in [1.54, 1.807) is 19.2 Å². The Morgan fingerprint density at radius 2 is 1.35 bits per heavy atom. The van der Waals surface area contributed by atoms with E-state index in [-0.39, 0.29) is 35.5 Å². The number of nitrogens with zero attached hydrogens (tertiary/aromatic N) is 1. The first-order valence-electron chi connectivity index (χ1n) is 10.9. The van der Waals surface area contributed by atoms with E-state index in [0.717, 1.165) is 6.42 Å². The molecule has 3 aromatic rings. The molecular formula is C27H23NO3. The Hall–Kier alpha value is -3.40. The molecule has 1 heterocycles. The molecule has 4 aliphatic rings. The first-order valence-corrected chi connectivity index (χ1v) is 10.9. The fourth-order valence-electron chi connectivity index (χ4n) is 6.05. The predicted molar refractivity (Wildman–Crippen MR) is 118 cm³/mol. The number of aryl methyl sites for hydroxylation is 1. The number of carbonyl (C=O) groups is 2. The van der Waals surface area contributed by atoms with Crippen LogP contribution < -0.4 is 9.64 Å². The second-order valence-electron chi connectivity index (χ2n) is 8.64. The van der Waals surface area contributed by atoms with Gasteiger partial charge >= 0.3 is 0 Å². The van der Waals surface area contributed by atoms with Gasteiger partial charge < -0.3 is 4.74 Å². The van der Waals surface area contributed by atoms with Gasteiger partial charge in [0.15, 0.2) is 0 Å². The Morgan fingerprint density at radius 1 is 0.774 bits per heavy atom. The van der Waals surface area contributed by atoms with E-state index in [1.807, 2.05) is 24.3 Å². The zero-order valence-electron chi connectivity index (χ0n) is 17.5. The van der Waals surface area contributed by atoms with Crippen molar-refractivity contribution in [2.45, 2.75) is 25.2 Å². The molecule has 4 atom stereocenters. The largest absolute Gasteiger partial charge is 0.495 e. The number of ether oxygens (including phenoxy) is 1. The number of para-hydroxylation sites is 2. The van der Waals surface area contributed by atoms with Gasteiger partial charge in [-0.2, -0.15) is 0 Å². The van der Waals surface area contributed by atoms with Crippen molar-refractivity contribution in [2.75, 3.05) is 12.0 Å². The Morgan fingerprint density at radius 3 is 2.00 bits per heavy atom. The number of imide groups is 1. The fourth-order valence-corrected chi connectivity index (χ4v) is 6.05. The quantitative estimate of drug-likeness (QED) is 0.592. The highest BCUT2D eigenvalue weighted by molar-refractivity contribution is 6.24. The van der Waals surface area contributed by atoms with Crippen LogP contribution in [0, 0.1) is 11.8 Å². The lowest BCUT2D eigenvalue weighted by Crippen LogP contribution is -2.41. The third-order valence-corrected chi connectivity index (χ3v) is 7.34. The number of carbonyl (C=O) groups excluding carboxylic acids is 2. The van der Waals surface area contributed by atoms with Crippen LogP contribution in [0.2, 0.25) is 0 Å². The molecule has 4 nitrogen and oxygen atoms in total. The van der Waals surface area contributed by atoms with Crippen LogP contribution in [-0.2, 0) is 16.0 Å². The molecule has 2 bridgehead atoms. The summed E-state index contributed by atoms with van der Waals surface area (Å²) in [4.78, 5) is 29.0. The Bertz CT molecular complexity index is 1250. The SMILES string of the molecule is CCc1ccc2c(c1)[C@H]1c3ccccc3[C@H]2[C@@H]2C(=O)N(c3ccccc3OC)C(=O)[C@H]12. The number of hydrogen-bond donors (Lipinski definition) is 0. The molecule has 4 heteroatoms. The smallest absolute Gasteiger partial charge is 0.238 e. The van der Waals surface area contributed by atoms with Crippen molar-refractivity contribution < 1.29 is 14.3 Å². The molecular weight excluding hydrogens is 386 g/mol. The van der Waals surface area contributed by atoms with Crippen LogP contribution in [0.5, 0.6) is 5.75 Å². The fraction of sp³-hybridized carbons (Fsp3) is 0.259. The molecule has 0 saturated carbocycles.